The third-order valence-corrected chi connectivity index (χ3v) is 4.91. The topological polar surface area (TPSA) is 69.3 Å². The summed E-state index contributed by atoms with van der Waals surface area (Å²) in [6.45, 7) is 2.64. The van der Waals surface area contributed by atoms with E-state index in [0.29, 0.717) is 17.0 Å². The number of carbonyl (C=O) groups is 1. The van der Waals surface area contributed by atoms with E-state index in [9.17, 15) is 9.18 Å². The Hall–Kier alpha value is -3.87. The van der Waals surface area contributed by atoms with Crippen molar-refractivity contribution in [3.05, 3.63) is 102 Å². The number of nitrogens with zero attached hydrogens (tertiary/aromatic N) is 2. The Morgan fingerprint density at radius 2 is 1.94 bits per heavy atom. The number of amides is 1. The standard InChI is InChI=1S/C25H24FN3O3/c1-2-5-18-8-10-21(11-9-18)31-17-22-12-13-24(32-22)25(30)28-20-14-27-29(16-20)15-19-6-3-4-7-23(19)26/h3-4,6-14,16H,2,5,15,17H2,1H3,(H,28,30). The van der Waals surface area contributed by atoms with E-state index >= 15 is 0 Å². The number of nitrogens with one attached hydrogen (secondary N) is 1. The van der Waals surface area contributed by atoms with Crippen LogP contribution in [0.15, 0.2) is 77.5 Å². The van der Waals surface area contributed by atoms with Gasteiger partial charge in [-0.25, -0.2) is 4.39 Å². The van der Waals surface area contributed by atoms with E-state index in [1.165, 1.54) is 17.8 Å². The highest BCUT2D eigenvalue weighted by Crippen LogP contribution is 2.17. The highest BCUT2D eigenvalue weighted by molar-refractivity contribution is 6.02. The second-order valence-corrected chi connectivity index (χ2v) is 7.42. The minimum atomic E-state index is -0.398. The molecular formula is C25H24FN3O3. The number of rotatable bonds is 9. The molecule has 1 amide bonds. The van der Waals surface area contributed by atoms with E-state index in [1.54, 1.807) is 41.2 Å². The monoisotopic (exact) mass is 433 g/mol. The molecule has 1 N–H and O–H groups in total. The van der Waals surface area contributed by atoms with Crippen molar-refractivity contribution in [1.82, 2.24) is 9.78 Å². The number of anilines is 1. The molecule has 4 aromatic rings. The highest BCUT2D eigenvalue weighted by atomic mass is 19.1. The summed E-state index contributed by atoms with van der Waals surface area (Å²) >= 11 is 0. The fourth-order valence-corrected chi connectivity index (χ4v) is 3.28. The molecule has 0 fully saturated rings. The molecule has 0 aliphatic carbocycles. The van der Waals surface area contributed by atoms with E-state index in [1.807, 2.05) is 24.3 Å². The highest BCUT2D eigenvalue weighted by Gasteiger charge is 2.13. The SMILES string of the molecule is CCCc1ccc(OCc2ccc(C(=O)Nc3cnn(Cc4ccccc4F)c3)o2)cc1. The van der Waals surface area contributed by atoms with Gasteiger partial charge >= 0.3 is 0 Å². The largest absolute Gasteiger partial charge is 0.486 e. The fraction of sp³-hybridized carbons (Fsp3) is 0.200. The zero-order valence-corrected chi connectivity index (χ0v) is 17.8. The van der Waals surface area contributed by atoms with Crippen molar-refractivity contribution < 1.29 is 18.3 Å². The Bertz CT molecular complexity index is 1180. The van der Waals surface area contributed by atoms with Crippen molar-refractivity contribution >= 4 is 11.6 Å². The van der Waals surface area contributed by atoms with Crippen LogP contribution in [0.4, 0.5) is 10.1 Å². The number of halogens is 1. The summed E-state index contributed by atoms with van der Waals surface area (Å²) in [5.41, 5.74) is 2.28. The first-order valence-corrected chi connectivity index (χ1v) is 10.5. The molecule has 0 unspecified atom stereocenters. The van der Waals surface area contributed by atoms with Crippen LogP contribution in [0.3, 0.4) is 0 Å². The van der Waals surface area contributed by atoms with Gasteiger partial charge in [-0.1, -0.05) is 43.7 Å². The third kappa shape index (κ3) is 5.43. The number of aryl methyl sites for hydroxylation is 1. The van der Waals surface area contributed by atoms with Crippen molar-refractivity contribution in [2.75, 3.05) is 5.32 Å². The first-order valence-electron chi connectivity index (χ1n) is 10.5. The first kappa shape index (κ1) is 21.4. The summed E-state index contributed by atoms with van der Waals surface area (Å²) in [4.78, 5) is 12.5. The maximum absolute atomic E-state index is 13.8. The van der Waals surface area contributed by atoms with Crippen LogP contribution in [-0.4, -0.2) is 15.7 Å². The summed E-state index contributed by atoms with van der Waals surface area (Å²) in [7, 11) is 0. The Kier molecular flexibility index (Phi) is 6.65. The fourth-order valence-electron chi connectivity index (χ4n) is 3.28. The smallest absolute Gasteiger partial charge is 0.291 e. The number of furan rings is 1. The molecule has 7 heteroatoms. The molecule has 4 rings (SSSR count). The summed E-state index contributed by atoms with van der Waals surface area (Å²) in [6, 6.07) is 17.8. The normalized spacial score (nSPS) is 10.8. The Labute approximate surface area is 185 Å². The molecule has 2 aromatic carbocycles. The predicted octanol–water partition coefficient (Wildman–Crippen LogP) is 5.45. The zero-order chi connectivity index (χ0) is 22.3. The molecule has 2 heterocycles. The first-order chi connectivity index (χ1) is 15.6. The molecule has 0 spiro atoms. The molecule has 32 heavy (non-hydrogen) atoms. The molecule has 0 bridgehead atoms. The zero-order valence-electron chi connectivity index (χ0n) is 17.8. The molecular weight excluding hydrogens is 409 g/mol. The summed E-state index contributed by atoms with van der Waals surface area (Å²) in [6.07, 6.45) is 5.29. The van der Waals surface area contributed by atoms with Crippen molar-refractivity contribution in [3.63, 3.8) is 0 Å². The molecule has 0 saturated heterocycles. The van der Waals surface area contributed by atoms with Gasteiger partial charge in [0.2, 0.25) is 0 Å². The van der Waals surface area contributed by atoms with E-state index in [2.05, 4.69) is 17.3 Å². The van der Waals surface area contributed by atoms with Gasteiger partial charge < -0.3 is 14.5 Å². The van der Waals surface area contributed by atoms with Crippen LogP contribution in [0.2, 0.25) is 0 Å². The number of aromatic nitrogens is 2. The lowest BCUT2D eigenvalue weighted by atomic mass is 10.1. The maximum Gasteiger partial charge on any atom is 0.291 e. The molecule has 0 aliphatic heterocycles. The number of hydrogen-bond acceptors (Lipinski definition) is 4. The average molecular weight is 433 g/mol. The van der Waals surface area contributed by atoms with Crippen LogP contribution in [-0.2, 0) is 19.6 Å². The number of benzene rings is 2. The van der Waals surface area contributed by atoms with Crippen molar-refractivity contribution in [2.24, 2.45) is 0 Å². The van der Waals surface area contributed by atoms with Gasteiger partial charge in [0.25, 0.3) is 5.91 Å². The van der Waals surface area contributed by atoms with Crippen LogP contribution in [0.25, 0.3) is 0 Å². The molecule has 0 radical (unpaired) electrons. The van der Waals surface area contributed by atoms with E-state index in [4.69, 9.17) is 9.15 Å². The molecule has 0 saturated carbocycles. The lowest BCUT2D eigenvalue weighted by molar-refractivity contribution is 0.0992. The molecule has 0 atom stereocenters. The van der Waals surface area contributed by atoms with Crippen LogP contribution < -0.4 is 10.1 Å². The minimum absolute atomic E-state index is 0.170. The van der Waals surface area contributed by atoms with Crippen molar-refractivity contribution in [3.8, 4) is 5.75 Å². The Balaban J connectivity index is 1.31. The van der Waals surface area contributed by atoms with Crippen LogP contribution in [0, 0.1) is 5.82 Å². The van der Waals surface area contributed by atoms with Crippen LogP contribution in [0.1, 0.15) is 40.8 Å². The van der Waals surface area contributed by atoms with Gasteiger partial charge in [-0.3, -0.25) is 9.48 Å². The number of ether oxygens (including phenoxy) is 1. The van der Waals surface area contributed by atoms with Gasteiger partial charge in [-0.2, -0.15) is 5.10 Å². The van der Waals surface area contributed by atoms with Gasteiger partial charge in [0.05, 0.1) is 18.4 Å². The lowest BCUT2D eigenvalue weighted by Gasteiger charge is -2.05. The minimum Gasteiger partial charge on any atom is -0.486 e. The number of hydrogen-bond donors (Lipinski definition) is 1. The van der Waals surface area contributed by atoms with Gasteiger partial charge in [0, 0.05) is 11.8 Å². The maximum atomic E-state index is 13.8. The molecule has 164 valence electrons. The van der Waals surface area contributed by atoms with Gasteiger partial charge in [-0.15, -0.1) is 0 Å². The second-order valence-electron chi connectivity index (χ2n) is 7.42. The lowest BCUT2D eigenvalue weighted by Crippen LogP contribution is -2.10. The van der Waals surface area contributed by atoms with Gasteiger partial charge in [0.1, 0.15) is 23.9 Å². The van der Waals surface area contributed by atoms with Crippen molar-refractivity contribution in [1.29, 1.82) is 0 Å². The van der Waals surface area contributed by atoms with E-state index in [-0.39, 0.29) is 24.7 Å². The summed E-state index contributed by atoms with van der Waals surface area (Å²) in [5, 5.41) is 6.90. The second kappa shape index (κ2) is 9.96. The molecule has 6 nitrogen and oxygen atoms in total. The predicted molar refractivity (Wildman–Crippen MR) is 119 cm³/mol. The van der Waals surface area contributed by atoms with Crippen LogP contribution >= 0.6 is 0 Å². The molecule has 2 aromatic heterocycles. The van der Waals surface area contributed by atoms with E-state index < -0.39 is 5.91 Å². The number of carbonyl (C=O) groups excluding carboxylic acids is 1. The van der Waals surface area contributed by atoms with Gasteiger partial charge in [-0.05, 0) is 42.3 Å². The quantitative estimate of drug-likeness (QED) is 0.381. The third-order valence-electron chi connectivity index (χ3n) is 4.91. The summed E-state index contributed by atoms with van der Waals surface area (Å²) < 4.78 is 26.7. The van der Waals surface area contributed by atoms with E-state index in [0.717, 1.165) is 18.6 Å². The Morgan fingerprint density at radius 1 is 1.12 bits per heavy atom. The van der Waals surface area contributed by atoms with Crippen molar-refractivity contribution in [2.45, 2.75) is 32.9 Å². The van der Waals surface area contributed by atoms with Gasteiger partial charge in [0.15, 0.2) is 5.76 Å². The average Bonchev–Trinajstić information content (AvgIpc) is 3.45. The van der Waals surface area contributed by atoms with Crippen LogP contribution in [0.5, 0.6) is 5.75 Å². The summed E-state index contributed by atoms with van der Waals surface area (Å²) in [5.74, 6) is 0.766. The molecule has 0 aliphatic rings. The Morgan fingerprint density at radius 3 is 2.72 bits per heavy atom.